The molecule has 1 N–H and O–H groups in total. The average Bonchev–Trinajstić information content (AvgIpc) is 2.65. The summed E-state index contributed by atoms with van der Waals surface area (Å²) in [7, 11) is 1.61. The topological polar surface area (TPSA) is 68.1 Å². The SMILES string of the molecule is COC(CC/C(=N/O)C(=O)OCc1ccccc1)c1ccccc1. The Morgan fingerprint density at radius 2 is 1.71 bits per heavy atom. The lowest BCUT2D eigenvalue weighted by Gasteiger charge is -2.15. The van der Waals surface area contributed by atoms with Gasteiger partial charge in [-0.25, -0.2) is 4.79 Å². The second-order valence-corrected chi connectivity index (χ2v) is 5.28. The molecule has 1 unspecified atom stereocenters. The molecule has 2 aromatic rings. The van der Waals surface area contributed by atoms with Crippen molar-refractivity contribution in [3.8, 4) is 0 Å². The maximum Gasteiger partial charge on any atom is 0.356 e. The van der Waals surface area contributed by atoms with Gasteiger partial charge in [0.15, 0.2) is 5.71 Å². The molecular weight excluding hydrogens is 306 g/mol. The molecule has 0 fully saturated rings. The third-order valence-electron chi connectivity index (χ3n) is 3.67. The first-order chi connectivity index (χ1) is 11.7. The van der Waals surface area contributed by atoms with Crippen molar-refractivity contribution in [1.29, 1.82) is 0 Å². The highest BCUT2D eigenvalue weighted by molar-refractivity contribution is 6.36. The fourth-order valence-electron chi connectivity index (χ4n) is 2.36. The minimum atomic E-state index is -0.621. The van der Waals surface area contributed by atoms with Crippen molar-refractivity contribution < 1.29 is 19.5 Å². The molecule has 5 heteroatoms. The van der Waals surface area contributed by atoms with Gasteiger partial charge in [0, 0.05) is 13.5 Å². The third-order valence-corrected chi connectivity index (χ3v) is 3.67. The normalized spacial score (nSPS) is 12.6. The second kappa shape index (κ2) is 9.47. The molecule has 24 heavy (non-hydrogen) atoms. The predicted molar refractivity (Wildman–Crippen MR) is 90.9 cm³/mol. The van der Waals surface area contributed by atoms with Crippen LogP contribution in [0.15, 0.2) is 65.8 Å². The van der Waals surface area contributed by atoms with Gasteiger partial charge in [-0.2, -0.15) is 0 Å². The van der Waals surface area contributed by atoms with E-state index in [1.807, 2.05) is 60.7 Å². The minimum absolute atomic E-state index is 0.0103. The highest BCUT2D eigenvalue weighted by Crippen LogP contribution is 2.22. The van der Waals surface area contributed by atoms with E-state index in [0.717, 1.165) is 11.1 Å². The summed E-state index contributed by atoms with van der Waals surface area (Å²) in [6.07, 6.45) is 0.600. The summed E-state index contributed by atoms with van der Waals surface area (Å²) in [5.41, 5.74) is 1.88. The zero-order chi connectivity index (χ0) is 17.2. The number of carbonyl (C=O) groups excluding carboxylic acids is 1. The lowest BCUT2D eigenvalue weighted by molar-refractivity contribution is -0.137. The first-order valence-corrected chi connectivity index (χ1v) is 7.74. The molecule has 1 atom stereocenters. The van der Waals surface area contributed by atoms with Crippen molar-refractivity contribution in [3.05, 3.63) is 71.8 Å². The second-order valence-electron chi connectivity index (χ2n) is 5.28. The molecule has 0 saturated heterocycles. The Morgan fingerprint density at radius 1 is 1.08 bits per heavy atom. The largest absolute Gasteiger partial charge is 0.456 e. The van der Waals surface area contributed by atoms with Crippen LogP contribution in [0.25, 0.3) is 0 Å². The number of benzene rings is 2. The van der Waals surface area contributed by atoms with Crippen molar-refractivity contribution in [2.75, 3.05) is 7.11 Å². The first kappa shape index (κ1) is 17.7. The Kier molecular flexibility index (Phi) is 6.98. The molecule has 0 amide bonds. The summed E-state index contributed by atoms with van der Waals surface area (Å²) < 4.78 is 10.6. The number of ether oxygens (including phenoxy) is 2. The highest BCUT2D eigenvalue weighted by atomic mass is 16.5. The van der Waals surface area contributed by atoms with Gasteiger partial charge in [0.05, 0.1) is 6.10 Å². The molecule has 2 aromatic carbocycles. The zero-order valence-electron chi connectivity index (χ0n) is 13.6. The molecule has 0 aliphatic heterocycles. The van der Waals surface area contributed by atoms with Crippen molar-refractivity contribution in [2.24, 2.45) is 5.16 Å². The van der Waals surface area contributed by atoms with Crippen molar-refractivity contribution in [1.82, 2.24) is 0 Å². The molecule has 0 heterocycles. The maximum atomic E-state index is 12.0. The van der Waals surface area contributed by atoms with Gasteiger partial charge in [0.25, 0.3) is 0 Å². The molecule has 0 aromatic heterocycles. The summed E-state index contributed by atoms with van der Waals surface area (Å²) in [5.74, 6) is -0.621. The van der Waals surface area contributed by atoms with E-state index in [4.69, 9.17) is 14.7 Å². The Hall–Kier alpha value is -2.66. The van der Waals surface area contributed by atoms with Crippen molar-refractivity contribution >= 4 is 11.7 Å². The number of oxime groups is 1. The van der Waals surface area contributed by atoms with Crippen LogP contribution >= 0.6 is 0 Å². The van der Waals surface area contributed by atoms with Crippen LogP contribution in [-0.4, -0.2) is 24.0 Å². The Bertz CT molecular complexity index is 656. The fraction of sp³-hybridized carbons (Fsp3) is 0.263. The molecule has 2 rings (SSSR count). The molecular formula is C19H21NO4. The first-order valence-electron chi connectivity index (χ1n) is 7.74. The van der Waals surface area contributed by atoms with Crippen molar-refractivity contribution in [3.63, 3.8) is 0 Å². The van der Waals surface area contributed by atoms with Crippen molar-refractivity contribution in [2.45, 2.75) is 25.6 Å². The number of hydrogen-bond donors (Lipinski definition) is 1. The van der Waals surface area contributed by atoms with Gasteiger partial charge in [-0.15, -0.1) is 0 Å². The van der Waals surface area contributed by atoms with Gasteiger partial charge in [-0.3, -0.25) is 0 Å². The monoisotopic (exact) mass is 327 g/mol. The predicted octanol–water partition coefficient (Wildman–Crippen LogP) is 3.73. The Morgan fingerprint density at radius 3 is 2.29 bits per heavy atom. The van der Waals surface area contributed by atoms with E-state index in [0.29, 0.717) is 6.42 Å². The van der Waals surface area contributed by atoms with Gasteiger partial charge in [-0.1, -0.05) is 65.8 Å². The standard InChI is InChI=1S/C19H21NO4/c1-23-18(16-10-6-3-7-11-16)13-12-17(20-22)19(21)24-14-15-8-4-2-5-9-15/h2-11,18,22H,12-14H2,1H3/b20-17-. The lowest BCUT2D eigenvalue weighted by Crippen LogP contribution is -2.19. The molecule has 0 bridgehead atoms. The number of rotatable bonds is 8. The van der Waals surface area contributed by atoms with Gasteiger partial charge < -0.3 is 14.7 Å². The quantitative estimate of drug-likeness (QED) is 0.347. The summed E-state index contributed by atoms with van der Waals surface area (Å²) in [5, 5.41) is 12.2. The zero-order valence-corrected chi connectivity index (χ0v) is 13.6. The summed E-state index contributed by atoms with van der Waals surface area (Å²) >= 11 is 0. The molecule has 0 saturated carbocycles. The summed E-state index contributed by atoms with van der Waals surface area (Å²) in [4.78, 5) is 12.0. The number of esters is 1. The molecule has 0 spiro atoms. The number of methoxy groups -OCH3 is 1. The molecule has 126 valence electrons. The number of nitrogens with zero attached hydrogens (tertiary/aromatic N) is 1. The van der Waals surface area contributed by atoms with Crippen LogP contribution in [0.1, 0.15) is 30.1 Å². The van der Waals surface area contributed by atoms with Crippen LogP contribution < -0.4 is 0 Å². The third kappa shape index (κ3) is 5.21. The molecule has 0 aliphatic carbocycles. The highest BCUT2D eigenvalue weighted by Gasteiger charge is 2.18. The summed E-state index contributed by atoms with van der Waals surface area (Å²) in [6, 6.07) is 19.0. The lowest BCUT2D eigenvalue weighted by atomic mass is 10.0. The van der Waals surface area contributed by atoms with Crippen LogP contribution in [0.5, 0.6) is 0 Å². The van der Waals surface area contributed by atoms with Crippen LogP contribution in [0, 0.1) is 0 Å². The number of carbonyl (C=O) groups is 1. The van der Waals surface area contributed by atoms with Crippen LogP contribution in [0.4, 0.5) is 0 Å². The Labute approximate surface area is 141 Å². The van der Waals surface area contributed by atoms with E-state index >= 15 is 0 Å². The van der Waals surface area contributed by atoms with Crippen LogP contribution in [-0.2, 0) is 20.9 Å². The number of hydrogen-bond acceptors (Lipinski definition) is 5. The fourth-order valence-corrected chi connectivity index (χ4v) is 2.36. The summed E-state index contributed by atoms with van der Waals surface area (Å²) in [6.45, 7) is 0.144. The van der Waals surface area contributed by atoms with E-state index in [1.165, 1.54) is 0 Å². The van der Waals surface area contributed by atoms with Gasteiger partial charge in [0.2, 0.25) is 0 Å². The van der Waals surface area contributed by atoms with Crippen LogP contribution in [0.2, 0.25) is 0 Å². The average molecular weight is 327 g/mol. The molecule has 5 nitrogen and oxygen atoms in total. The smallest absolute Gasteiger partial charge is 0.356 e. The van der Waals surface area contributed by atoms with E-state index < -0.39 is 5.97 Å². The minimum Gasteiger partial charge on any atom is -0.456 e. The van der Waals surface area contributed by atoms with E-state index in [-0.39, 0.29) is 24.8 Å². The Balaban J connectivity index is 1.88. The van der Waals surface area contributed by atoms with Crippen LogP contribution in [0.3, 0.4) is 0 Å². The molecule has 0 aliphatic rings. The van der Waals surface area contributed by atoms with Gasteiger partial charge in [-0.05, 0) is 17.5 Å². The van der Waals surface area contributed by atoms with Gasteiger partial charge >= 0.3 is 5.97 Å². The maximum absolute atomic E-state index is 12.0. The van der Waals surface area contributed by atoms with E-state index in [9.17, 15) is 4.79 Å². The van der Waals surface area contributed by atoms with Gasteiger partial charge in [0.1, 0.15) is 6.61 Å². The van der Waals surface area contributed by atoms with E-state index in [1.54, 1.807) is 7.11 Å². The molecule has 0 radical (unpaired) electrons. The van der Waals surface area contributed by atoms with E-state index in [2.05, 4.69) is 5.16 Å².